The molecule has 0 aromatic heterocycles. The number of hydrogen-bond donors (Lipinski definition) is 1. The van der Waals surface area contributed by atoms with Gasteiger partial charge in [-0.05, 0) is 13.1 Å². The van der Waals surface area contributed by atoms with Crippen LogP contribution in [0.3, 0.4) is 0 Å². The molecule has 0 amide bonds. The molecule has 0 spiro atoms. The first kappa shape index (κ1) is 12.1. The van der Waals surface area contributed by atoms with Crippen LogP contribution in [0.1, 0.15) is 10.4 Å². The summed E-state index contributed by atoms with van der Waals surface area (Å²) in [6.07, 6.45) is 0. The monoisotopic (exact) mass is 231 g/mol. The van der Waals surface area contributed by atoms with Crippen LogP contribution in [0, 0.1) is 0 Å². The van der Waals surface area contributed by atoms with Gasteiger partial charge in [-0.1, -0.05) is 30.0 Å². The van der Waals surface area contributed by atoms with Crippen molar-refractivity contribution in [1.82, 2.24) is 5.32 Å². The Bertz CT molecular complexity index is 344. The average molecular weight is 231 g/mol. The molecule has 82 valence electrons. The Morgan fingerprint density at radius 1 is 1.47 bits per heavy atom. The van der Waals surface area contributed by atoms with Crippen LogP contribution in [0.2, 0.25) is 0 Å². The van der Waals surface area contributed by atoms with Crippen molar-refractivity contribution in [3.8, 4) is 0 Å². The third-order valence-corrected chi connectivity index (χ3v) is 2.53. The van der Waals surface area contributed by atoms with Crippen LogP contribution in [0.15, 0.2) is 29.2 Å². The Labute approximate surface area is 91.1 Å². The first-order valence-corrected chi connectivity index (χ1v) is 5.24. The fourth-order valence-electron chi connectivity index (χ4n) is 1.15. The van der Waals surface area contributed by atoms with Crippen molar-refractivity contribution in [3.05, 3.63) is 29.8 Å². The lowest BCUT2D eigenvalue weighted by Crippen LogP contribution is -2.19. The van der Waals surface area contributed by atoms with E-state index in [4.69, 9.17) is 0 Å². The van der Waals surface area contributed by atoms with Crippen LogP contribution >= 0.6 is 11.8 Å². The fraction of sp³-hybridized carbons (Fsp3) is 0.300. The SMILES string of the molecule is CNCC(=O)c1ccccc1SC(F)F. The smallest absolute Gasteiger partial charge is 0.288 e. The molecule has 1 aromatic rings. The summed E-state index contributed by atoms with van der Waals surface area (Å²) in [5, 5.41) is 2.70. The van der Waals surface area contributed by atoms with Crippen LogP contribution in [-0.4, -0.2) is 25.1 Å². The Balaban J connectivity index is 2.90. The molecule has 1 aromatic carbocycles. The summed E-state index contributed by atoms with van der Waals surface area (Å²) in [4.78, 5) is 11.9. The van der Waals surface area contributed by atoms with Crippen molar-refractivity contribution in [1.29, 1.82) is 0 Å². The molecule has 0 radical (unpaired) electrons. The van der Waals surface area contributed by atoms with Gasteiger partial charge in [0.15, 0.2) is 5.78 Å². The number of halogens is 2. The summed E-state index contributed by atoms with van der Waals surface area (Å²) in [7, 11) is 1.64. The van der Waals surface area contributed by atoms with E-state index in [0.717, 1.165) is 0 Å². The van der Waals surface area contributed by atoms with E-state index in [2.05, 4.69) is 5.32 Å². The van der Waals surface area contributed by atoms with E-state index in [0.29, 0.717) is 22.2 Å². The highest BCUT2D eigenvalue weighted by Gasteiger charge is 2.13. The van der Waals surface area contributed by atoms with Crippen molar-refractivity contribution >= 4 is 17.5 Å². The highest BCUT2D eigenvalue weighted by molar-refractivity contribution is 7.99. The van der Waals surface area contributed by atoms with Crippen molar-refractivity contribution in [3.63, 3.8) is 0 Å². The number of alkyl halides is 2. The zero-order valence-electron chi connectivity index (χ0n) is 8.17. The second-order valence-electron chi connectivity index (χ2n) is 2.83. The normalized spacial score (nSPS) is 10.7. The maximum absolute atomic E-state index is 12.2. The highest BCUT2D eigenvalue weighted by Crippen LogP contribution is 2.28. The minimum atomic E-state index is -2.51. The highest BCUT2D eigenvalue weighted by atomic mass is 32.2. The molecule has 0 atom stereocenters. The largest absolute Gasteiger partial charge is 0.313 e. The number of carbonyl (C=O) groups is 1. The third kappa shape index (κ3) is 3.60. The van der Waals surface area contributed by atoms with E-state index in [-0.39, 0.29) is 12.3 Å². The van der Waals surface area contributed by atoms with Crippen LogP contribution in [-0.2, 0) is 0 Å². The predicted molar refractivity (Wildman–Crippen MR) is 56.6 cm³/mol. The van der Waals surface area contributed by atoms with Gasteiger partial charge in [-0.25, -0.2) is 0 Å². The lowest BCUT2D eigenvalue weighted by Gasteiger charge is -2.06. The summed E-state index contributed by atoms with van der Waals surface area (Å²) >= 11 is 0.397. The van der Waals surface area contributed by atoms with Gasteiger partial charge in [-0.15, -0.1) is 0 Å². The zero-order valence-corrected chi connectivity index (χ0v) is 8.98. The van der Waals surface area contributed by atoms with Gasteiger partial charge in [0.1, 0.15) is 0 Å². The zero-order chi connectivity index (χ0) is 11.3. The molecule has 0 bridgehead atoms. The Hall–Kier alpha value is -0.940. The number of thioether (sulfide) groups is 1. The first-order valence-electron chi connectivity index (χ1n) is 4.36. The molecule has 0 aliphatic rings. The lowest BCUT2D eigenvalue weighted by molar-refractivity contribution is 0.0991. The Morgan fingerprint density at radius 3 is 2.73 bits per heavy atom. The number of ketones is 1. The molecule has 1 rings (SSSR count). The molecule has 15 heavy (non-hydrogen) atoms. The van der Waals surface area contributed by atoms with Gasteiger partial charge in [0.05, 0.1) is 6.54 Å². The van der Waals surface area contributed by atoms with Gasteiger partial charge in [0, 0.05) is 10.5 Å². The van der Waals surface area contributed by atoms with Crippen LogP contribution in [0.25, 0.3) is 0 Å². The summed E-state index contributed by atoms with van der Waals surface area (Å²) < 4.78 is 24.4. The predicted octanol–water partition coefficient (Wildman–Crippen LogP) is 2.40. The van der Waals surface area contributed by atoms with E-state index in [9.17, 15) is 13.6 Å². The molecule has 2 nitrogen and oxygen atoms in total. The number of rotatable bonds is 5. The van der Waals surface area contributed by atoms with Crippen molar-refractivity contribution in [2.75, 3.05) is 13.6 Å². The quantitative estimate of drug-likeness (QED) is 0.623. The van der Waals surface area contributed by atoms with Gasteiger partial charge in [-0.3, -0.25) is 4.79 Å². The van der Waals surface area contributed by atoms with E-state index < -0.39 is 5.76 Å². The topological polar surface area (TPSA) is 29.1 Å². The van der Waals surface area contributed by atoms with E-state index >= 15 is 0 Å². The summed E-state index contributed by atoms with van der Waals surface area (Å²) in [5.41, 5.74) is 0.345. The van der Waals surface area contributed by atoms with E-state index in [1.165, 1.54) is 6.07 Å². The van der Waals surface area contributed by atoms with Crippen LogP contribution < -0.4 is 5.32 Å². The second-order valence-corrected chi connectivity index (χ2v) is 3.86. The number of Topliss-reactive ketones (excluding diaryl/α,β-unsaturated/α-hetero) is 1. The number of nitrogens with one attached hydrogen (secondary N) is 1. The molecule has 0 fully saturated rings. The van der Waals surface area contributed by atoms with Crippen LogP contribution in [0.4, 0.5) is 8.78 Å². The molecule has 0 unspecified atom stereocenters. The maximum Gasteiger partial charge on any atom is 0.288 e. The van der Waals surface area contributed by atoms with Gasteiger partial charge >= 0.3 is 0 Å². The lowest BCUT2D eigenvalue weighted by atomic mass is 10.1. The number of likely N-dealkylation sites (N-methyl/N-ethyl adjacent to an activating group) is 1. The molecule has 0 saturated carbocycles. The number of carbonyl (C=O) groups excluding carboxylic acids is 1. The van der Waals surface area contributed by atoms with Gasteiger partial charge in [-0.2, -0.15) is 8.78 Å². The molecule has 0 aliphatic carbocycles. The number of hydrogen-bond acceptors (Lipinski definition) is 3. The van der Waals surface area contributed by atoms with Gasteiger partial charge in [0.2, 0.25) is 0 Å². The third-order valence-electron chi connectivity index (χ3n) is 1.74. The van der Waals surface area contributed by atoms with Crippen molar-refractivity contribution in [2.24, 2.45) is 0 Å². The fourth-order valence-corrected chi connectivity index (χ4v) is 1.81. The molecular formula is C10H11F2NOS. The number of benzene rings is 1. The Kier molecular flexibility index (Phi) is 4.71. The minimum Gasteiger partial charge on any atom is -0.313 e. The van der Waals surface area contributed by atoms with E-state index in [1.807, 2.05) is 0 Å². The standard InChI is InChI=1S/C10H11F2NOS/c1-13-6-8(14)7-4-2-3-5-9(7)15-10(11)12/h2-5,10,13H,6H2,1H3. The van der Waals surface area contributed by atoms with Crippen molar-refractivity contribution in [2.45, 2.75) is 10.7 Å². The van der Waals surface area contributed by atoms with E-state index in [1.54, 1.807) is 25.2 Å². The van der Waals surface area contributed by atoms with Crippen LogP contribution in [0.5, 0.6) is 0 Å². The molecule has 0 saturated heterocycles. The molecule has 0 aliphatic heterocycles. The molecule has 1 N–H and O–H groups in total. The molecular weight excluding hydrogens is 220 g/mol. The second kappa shape index (κ2) is 5.82. The Morgan fingerprint density at radius 2 is 2.13 bits per heavy atom. The summed E-state index contributed by atoms with van der Waals surface area (Å²) in [6, 6.07) is 6.39. The summed E-state index contributed by atoms with van der Waals surface area (Å²) in [6.45, 7) is 0.154. The summed E-state index contributed by atoms with van der Waals surface area (Å²) in [5.74, 6) is -2.69. The first-order chi connectivity index (χ1) is 7.15. The average Bonchev–Trinajstić information content (AvgIpc) is 2.18. The van der Waals surface area contributed by atoms with Crippen molar-refractivity contribution < 1.29 is 13.6 Å². The molecule has 0 heterocycles. The minimum absolute atomic E-state index is 0.154. The van der Waals surface area contributed by atoms with Gasteiger partial charge < -0.3 is 5.32 Å². The maximum atomic E-state index is 12.2. The van der Waals surface area contributed by atoms with Gasteiger partial charge in [0.25, 0.3) is 5.76 Å². The molecule has 5 heteroatoms.